The fourth-order valence-electron chi connectivity index (χ4n) is 3.92. The van der Waals surface area contributed by atoms with Crippen LogP contribution in [0.25, 0.3) is 0 Å². The summed E-state index contributed by atoms with van der Waals surface area (Å²) in [6.07, 6.45) is -3.68. The van der Waals surface area contributed by atoms with Gasteiger partial charge in [-0.1, -0.05) is 12.1 Å². The summed E-state index contributed by atoms with van der Waals surface area (Å²) in [5, 5.41) is 19.1. The molecule has 14 heteroatoms. The molecule has 1 heterocycles. The van der Waals surface area contributed by atoms with Gasteiger partial charge in [-0.15, -0.1) is 0 Å². The predicted octanol–water partition coefficient (Wildman–Crippen LogP) is 1.54. The van der Waals surface area contributed by atoms with Crippen molar-refractivity contribution in [3.63, 3.8) is 0 Å². The minimum absolute atomic E-state index is 0.0280. The lowest BCUT2D eigenvalue weighted by atomic mass is 10.0. The minimum atomic E-state index is -1.28. The number of carboxylic acid groups (broad SMARTS) is 1. The number of hydrogen-bond acceptors (Lipinski definition) is 12. The number of rotatable bonds is 12. The van der Waals surface area contributed by atoms with Crippen molar-refractivity contribution in [1.82, 2.24) is 5.48 Å². The van der Waals surface area contributed by atoms with Crippen LogP contribution in [0.1, 0.15) is 46.8 Å². The number of aromatic carboxylic acids is 1. The van der Waals surface area contributed by atoms with E-state index in [1.165, 1.54) is 26.2 Å². The van der Waals surface area contributed by atoms with E-state index < -0.39 is 42.5 Å². The normalized spacial score (nSPS) is 18.3. The van der Waals surface area contributed by atoms with Gasteiger partial charge in [0.2, 0.25) is 6.29 Å². The second kappa shape index (κ2) is 14.1. The predicted molar refractivity (Wildman–Crippen MR) is 134 cm³/mol. The number of esters is 2. The van der Waals surface area contributed by atoms with Gasteiger partial charge in [0, 0.05) is 25.3 Å². The number of carbonyl (C=O) groups excluding carboxylic acids is 3. The van der Waals surface area contributed by atoms with Crippen molar-refractivity contribution >= 4 is 24.0 Å². The SMILES string of the molecule is COC(=O)C1CC(OC(C)=O)CC(Oc2ccc(CNOc3ccc(CO)cc3COC(N)=O)cc2C(=O)O)O1. The van der Waals surface area contributed by atoms with Crippen LogP contribution in [0.5, 0.6) is 11.5 Å². The molecule has 1 aliphatic heterocycles. The molecule has 3 unspecified atom stereocenters. The van der Waals surface area contributed by atoms with E-state index in [1.54, 1.807) is 24.3 Å². The third-order valence-electron chi connectivity index (χ3n) is 5.71. The Morgan fingerprint density at radius 3 is 2.45 bits per heavy atom. The highest BCUT2D eigenvalue weighted by atomic mass is 16.7. The lowest BCUT2D eigenvalue weighted by Gasteiger charge is -2.33. The Morgan fingerprint density at radius 1 is 1.07 bits per heavy atom. The number of ether oxygens (including phenoxy) is 5. The number of aliphatic hydroxyl groups is 1. The van der Waals surface area contributed by atoms with E-state index in [-0.39, 0.29) is 43.9 Å². The molecule has 216 valence electrons. The first-order valence-electron chi connectivity index (χ1n) is 12.1. The summed E-state index contributed by atoms with van der Waals surface area (Å²) in [4.78, 5) is 52.0. The van der Waals surface area contributed by atoms with Gasteiger partial charge in [-0.25, -0.2) is 14.4 Å². The van der Waals surface area contributed by atoms with Crippen molar-refractivity contribution in [2.24, 2.45) is 5.73 Å². The van der Waals surface area contributed by atoms with E-state index >= 15 is 0 Å². The smallest absolute Gasteiger partial charge is 0.404 e. The van der Waals surface area contributed by atoms with E-state index in [4.69, 9.17) is 34.3 Å². The number of nitrogens with two attached hydrogens (primary N) is 1. The standard InChI is InChI=1S/C26H30N2O12/c1-14(30)37-18-9-22(25(33)35-2)39-23(10-18)38-21-6-3-15(8-19(21)24(31)32)11-28-40-20-5-4-16(12-29)7-17(20)13-36-26(27)34/h3-8,18,22-23,28-29H,9-13H2,1-2H3,(H2,27,34)(H,31,32). The summed E-state index contributed by atoms with van der Waals surface area (Å²) in [6.45, 7) is 0.881. The molecule has 0 bridgehead atoms. The molecule has 3 atom stereocenters. The van der Waals surface area contributed by atoms with E-state index in [1.807, 2.05) is 0 Å². The molecule has 2 aromatic rings. The van der Waals surface area contributed by atoms with E-state index in [0.29, 0.717) is 22.4 Å². The maximum Gasteiger partial charge on any atom is 0.404 e. The monoisotopic (exact) mass is 562 g/mol. The molecule has 14 nitrogen and oxygen atoms in total. The quantitative estimate of drug-likeness (QED) is 0.165. The van der Waals surface area contributed by atoms with E-state index in [9.17, 15) is 29.4 Å². The maximum atomic E-state index is 12.0. The van der Waals surface area contributed by atoms with Crippen LogP contribution in [0.3, 0.4) is 0 Å². The first-order chi connectivity index (χ1) is 19.1. The number of primary amides is 1. The summed E-state index contributed by atoms with van der Waals surface area (Å²) in [6, 6.07) is 9.14. The average Bonchev–Trinajstić information content (AvgIpc) is 2.91. The van der Waals surface area contributed by atoms with Crippen molar-refractivity contribution in [2.45, 2.75) is 58.0 Å². The number of hydroxylamine groups is 1. The molecule has 0 aliphatic carbocycles. The first kappa shape index (κ1) is 30.1. The Balaban J connectivity index is 1.70. The molecule has 1 amide bonds. The van der Waals surface area contributed by atoms with Crippen LogP contribution in [-0.2, 0) is 48.3 Å². The van der Waals surface area contributed by atoms with Crippen molar-refractivity contribution in [3.8, 4) is 11.5 Å². The van der Waals surface area contributed by atoms with Gasteiger partial charge in [0.05, 0.1) is 20.3 Å². The molecule has 1 saturated heterocycles. The number of amides is 1. The van der Waals surface area contributed by atoms with Crippen LogP contribution in [0.4, 0.5) is 4.79 Å². The molecule has 0 aromatic heterocycles. The maximum absolute atomic E-state index is 12.0. The summed E-state index contributed by atoms with van der Waals surface area (Å²) >= 11 is 0. The fourth-order valence-corrected chi connectivity index (χ4v) is 3.92. The largest absolute Gasteiger partial charge is 0.478 e. The molecule has 5 N–H and O–H groups in total. The number of benzene rings is 2. The summed E-state index contributed by atoms with van der Waals surface area (Å²) < 4.78 is 26.2. The van der Waals surface area contributed by atoms with Crippen molar-refractivity contribution in [1.29, 1.82) is 0 Å². The van der Waals surface area contributed by atoms with E-state index in [2.05, 4.69) is 5.48 Å². The summed E-state index contributed by atoms with van der Waals surface area (Å²) in [5.41, 5.74) is 9.07. The van der Waals surface area contributed by atoms with Gasteiger partial charge in [0.15, 0.2) is 11.9 Å². The zero-order chi connectivity index (χ0) is 29.2. The van der Waals surface area contributed by atoms with Gasteiger partial charge in [-0.3, -0.25) is 4.79 Å². The van der Waals surface area contributed by atoms with Crippen LogP contribution >= 0.6 is 0 Å². The third kappa shape index (κ3) is 8.56. The number of aliphatic hydroxyl groups excluding tert-OH is 1. The van der Waals surface area contributed by atoms with Gasteiger partial charge >= 0.3 is 24.0 Å². The van der Waals surface area contributed by atoms with E-state index in [0.717, 1.165) is 0 Å². The third-order valence-corrected chi connectivity index (χ3v) is 5.71. The second-order valence-electron chi connectivity index (χ2n) is 8.66. The van der Waals surface area contributed by atoms with Crippen LogP contribution in [0.2, 0.25) is 0 Å². The molecule has 3 rings (SSSR count). The van der Waals surface area contributed by atoms with Crippen LogP contribution in [0, 0.1) is 0 Å². The molecule has 40 heavy (non-hydrogen) atoms. The topological polar surface area (TPSA) is 202 Å². The Labute approximate surface area is 228 Å². The van der Waals surface area contributed by atoms with Crippen molar-refractivity contribution in [3.05, 3.63) is 58.7 Å². The highest BCUT2D eigenvalue weighted by Crippen LogP contribution is 2.29. The number of methoxy groups -OCH3 is 1. The molecule has 0 saturated carbocycles. The summed E-state index contributed by atoms with van der Waals surface area (Å²) in [5.74, 6) is -2.23. The molecule has 1 aliphatic rings. The molecular weight excluding hydrogens is 532 g/mol. The molecule has 1 fully saturated rings. The Kier molecular flexibility index (Phi) is 10.6. The highest BCUT2D eigenvalue weighted by molar-refractivity contribution is 5.91. The molecular formula is C26H30N2O12. The van der Waals surface area contributed by atoms with Crippen molar-refractivity contribution in [2.75, 3.05) is 7.11 Å². The van der Waals surface area contributed by atoms with Gasteiger partial charge < -0.3 is 44.5 Å². The number of carbonyl (C=O) groups is 4. The lowest BCUT2D eigenvalue weighted by molar-refractivity contribution is -0.204. The minimum Gasteiger partial charge on any atom is -0.478 e. The molecule has 0 spiro atoms. The van der Waals surface area contributed by atoms with Gasteiger partial charge in [-0.2, -0.15) is 5.48 Å². The van der Waals surface area contributed by atoms with Crippen molar-refractivity contribution < 1.29 is 57.9 Å². The number of hydrogen-bond donors (Lipinski definition) is 4. The molecule has 0 radical (unpaired) electrons. The van der Waals surface area contributed by atoms with Crippen LogP contribution < -0.4 is 20.8 Å². The van der Waals surface area contributed by atoms with Gasteiger partial charge in [-0.05, 0) is 35.4 Å². The fraction of sp³-hybridized carbons (Fsp3) is 0.385. The second-order valence-corrected chi connectivity index (χ2v) is 8.66. The van der Waals surface area contributed by atoms with Gasteiger partial charge in [0.1, 0.15) is 24.0 Å². The number of carboxylic acids is 1. The zero-order valence-electron chi connectivity index (χ0n) is 21.8. The van der Waals surface area contributed by atoms with Gasteiger partial charge in [0.25, 0.3) is 0 Å². The summed E-state index contributed by atoms with van der Waals surface area (Å²) in [7, 11) is 1.19. The Bertz CT molecular complexity index is 1230. The van der Waals surface area contributed by atoms with Crippen LogP contribution in [0.15, 0.2) is 36.4 Å². The molecule has 2 aromatic carbocycles. The average molecular weight is 563 g/mol. The zero-order valence-corrected chi connectivity index (χ0v) is 21.8. The highest BCUT2D eigenvalue weighted by Gasteiger charge is 2.37. The Morgan fingerprint density at radius 2 is 1.80 bits per heavy atom. The van der Waals surface area contributed by atoms with Crippen LogP contribution in [-0.4, -0.2) is 59.8 Å². The Hall–Kier alpha value is -4.40. The number of nitrogens with one attached hydrogen (secondary N) is 1. The first-order valence-corrected chi connectivity index (χ1v) is 12.1. The lowest BCUT2D eigenvalue weighted by Crippen LogP contribution is -2.44.